The highest BCUT2D eigenvalue weighted by Gasteiger charge is 2.31. The van der Waals surface area contributed by atoms with Crippen LogP contribution in [0.1, 0.15) is 21.6 Å². The van der Waals surface area contributed by atoms with E-state index in [4.69, 9.17) is 4.74 Å². The number of carbonyl (C=O) groups excluding carboxylic acids is 1. The van der Waals surface area contributed by atoms with Gasteiger partial charge in [0.15, 0.2) is 0 Å². The van der Waals surface area contributed by atoms with Crippen molar-refractivity contribution in [3.8, 4) is 17.3 Å². The Kier molecular flexibility index (Phi) is 6.80. The lowest BCUT2D eigenvalue weighted by Crippen LogP contribution is -2.48. The molecule has 10 nitrogen and oxygen atoms in total. The number of hydrogen-bond donors (Lipinski definition) is 2. The fourth-order valence-corrected chi connectivity index (χ4v) is 3.67. The first-order valence-electron chi connectivity index (χ1n) is 10.6. The van der Waals surface area contributed by atoms with Gasteiger partial charge in [-0.3, -0.25) is 19.8 Å². The maximum atomic E-state index is 13.1. The molecule has 0 saturated carbocycles. The molecule has 1 aliphatic heterocycles. The molecule has 1 saturated heterocycles. The molecule has 0 spiro atoms. The topological polar surface area (TPSA) is 111 Å². The summed E-state index contributed by atoms with van der Waals surface area (Å²) < 4.78 is 48.6. The Morgan fingerprint density at radius 2 is 1.89 bits per heavy atom. The van der Waals surface area contributed by atoms with E-state index in [9.17, 15) is 27.9 Å². The summed E-state index contributed by atoms with van der Waals surface area (Å²) in [5, 5.41) is 12.3. The molecule has 0 bridgehead atoms. The predicted molar refractivity (Wildman–Crippen MR) is 116 cm³/mol. The summed E-state index contributed by atoms with van der Waals surface area (Å²) in [6.45, 7) is 3.51. The number of hydrogen-bond acceptors (Lipinski definition) is 7. The lowest BCUT2D eigenvalue weighted by molar-refractivity contribution is -0.274. The number of amides is 1. The summed E-state index contributed by atoms with van der Waals surface area (Å²) >= 11 is 0. The van der Waals surface area contributed by atoms with Crippen molar-refractivity contribution in [3.63, 3.8) is 0 Å². The van der Waals surface area contributed by atoms with E-state index in [0.29, 0.717) is 31.9 Å². The fourth-order valence-electron chi connectivity index (χ4n) is 3.67. The molecule has 3 heterocycles. The van der Waals surface area contributed by atoms with Gasteiger partial charge in [0.1, 0.15) is 5.75 Å². The van der Waals surface area contributed by atoms with Crippen molar-refractivity contribution < 1.29 is 32.5 Å². The van der Waals surface area contributed by atoms with Gasteiger partial charge in [0, 0.05) is 25.5 Å². The molecule has 1 aromatic carbocycles. The van der Waals surface area contributed by atoms with E-state index in [1.807, 2.05) is 0 Å². The second-order valence-corrected chi connectivity index (χ2v) is 7.73. The Morgan fingerprint density at radius 3 is 2.54 bits per heavy atom. The Labute approximate surface area is 197 Å². The van der Waals surface area contributed by atoms with Crippen molar-refractivity contribution in [1.29, 1.82) is 0 Å². The van der Waals surface area contributed by atoms with Crippen LogP contribution in [-0.4, -0.2) is 62.8 Å². The number of hydrazine groups is 1. The van der Waals surface area contributed by atoms with Crippen LogP contribution in [0.4, 0.5) is 13.2 Å². The van der Waals surface area contributed by atoms with Crippen LogP contribution < -0.4 is 15.9 Å². The van der Waals surface area contributed by atoms with E-state index >= 15 is 0 Å². The zero-order chi connectivity index (χ0) is 25.2. The summed E-state index contributed by atoms with van der Waals surface area (Å²) in [6.07, 6.45) is -1.98. The number of ether oxygens (including phenoxy) is 2. The number of carbonyl (C=O) groups is 1. The van der Waals surface area contributed by atoms with Crippen molar-refractivity contribution in [2.75, 3.05) is 26.3 Å². The number of benzene rings is 1. The predicted octanol–water partition coefficient (Wildman–Crippen LogP) is 1.97. The van der Waals surface area contributed by atoms with Gasteiger partial charge in [-0.25, -0.2) is 14.4 Å². The van der Waals surface area contributed by atoms with Gasteiger partial charge >= 0.3 is 12.1 Å². The Bertz CT molecular complexity index is 1260. The third-order valence-electron chi connectivity index (χ3n) is 5.45. The van der Waals surface area contributed by atoms with Gasteiger partial charge in [0.05, 0.1) is 36.7 Å². The second kappa shape index (κ2) is 9.80. The molecule has 3 aromatic rings. The van der Waals surface area contributed by atoms with Gasteiger partial charge < -0.3 is 14.6 Å². The molecule has 1 aliphatic rings. The first-order chi connectivity index (χ1) is 16.6. The van der Waals surface area contributed by atoms with E-state index in [1.165, 1.54) is 36.0 Å². The number of morpholine rings is 1. The standard InChI is InChI=1S/C22H22F3N5O5/c1-14-20(32)30(16-2-4-17(5-3-16)35-22(23,24)25)21(33)29(14)13-15-6-7-26-12-18(15)19(31)27-28-8-10-34-11-9-28/h2-7,12,32H,8-11,13H2,1H3,(H,27,31). The molecule has 35 heavy (non-hydrogen) atoms. The van der Waals surface area contributed by atoms with Crippen LogP contribution in [0.25, 0.3) is 5.69 Å². The summed E-state index contributed by atoms with van der Waals surface area (Å²) in [7, 11) is 0. The van der Waals surface area contributed by atoms with E-state index < -0.39 is 23.7 Å². The number of nitrogens with one attached hydrogen (secondary N) is 1. The summed E-state index contributed by atoms with van der Waals surface area (Å²) in [5.41, 5.74) is 3.25. The minimum atomic E-state index is -4.85. The number of rotatable bonds is 6. The quantitative estimate of drug-likeness (QED) is 0.540. The number of alkyl halides is 3. The lowest BCUT2D eigenvalue weighted by atomic mass is 10.1. The van der Waals surface area contributed by atoms with E-state index in [1.54, 1.807) is 11.1 Å². The fraction of sp³-hybridized carbons (Fsp3) is 0.318. The number of pyridine rings is 1. The van der Waals surface area contributed by atoms with Crippen LogP contribution in [0, 0.1) is 6.92 Å². The monoisotopic (exact) mass is 493 g/mol. The zero-order valence-electron chi connectivity index (χ0n) is 18.6. The third kappa shape index (κ3) is 5.46. The second-order valence-electron chi connectivity index (χ2n) is 7.73. The third-order valence-corrected chi connectivity index (χ3v) is 5.45. The minimum absolute atomic E-state index is 0.0467. The largest absolute Gasteiger partial charge is 0.573 e. The van der Waals surface area contributed by atoms with Gasteiger partial charge in [-0.05, 0) is 42.8 Å². The summed E-state index contributed by atoms with van der Waals surface area (Å²) in [4.78, 5) is 30.0. The summed E-state index contributed by atoms with van der Waals surface area (Å²) in [5.74, 6) is -1.24. The SMILES string of the molecule is Cc1c(O)n(-c2ccc(OC(F)(F)F)cc2)c(=O)n1Cc1ccncc1C(=O)NN1CCOCC1. The normalized spacial score (nSPS) is 14.6. The van der Waals surface area contributed by atoms with Crippen molar-refractivity contribution in [2.45, 2.75) is 19.8 Å². The maximum absolute atomic E-state index is 13.1. The molecular weight excluding hydrogens is 471 g/mol. The summed E-state index contributed by atoms with van der Waals surface area (Å²) in [6, 6.07) is 6.12. The van der Waals surface area contributed by atoms with E-state index in [0.717, 1.165) is 16.7 Å². The van der Waals surface area contributed by atoms with Gasteiger partial charge in [-0.15, -0.1) is 13.2 Å². The van der Waals surface area contributed by atoms with Crippen LogP contribution in [0.3, 0.4) is 0 Å². The highest BCUT2D eigenvalue weighted by molar-refractivity contribution is 5.95. The van der Waals surface area contributed by atoms with Crippen molar-refractivity contribution in [1.82, 2.24) is 24.6 Å². The number of imidazole rings is 1. The Morgan fingerprint density at radius 1 is 1.20 bits per heavy atom. The molecule has 2 N–H and O–H groups in total. The molecule has 4 rings (SSSR count). The first kappa shape index (κ1) is 24.3. The van der Waals surface area contributed by atoms with Crippen LogP contribution >= 0.6 is 0 Å². The molecule has 13 heteroatoms. The Balaban J connectivity index is 1.60. The van der Waals surface area contributed by atoms with Crippen molar-refractivity contribution in [2.24, 2.45) is 0 Å². The molecule has 0 unspecified atom stereocenters. The first-order valence-corrected chi connectivity index (χ1v) is 10.6. The van der Waals surface area contributed by atoms with Gasteiger partial charge in [-0.1, -0.05) is 0 Å². The van der Waals surface area contributed by atoms with E-state index in [-0.39, 0.29) is 29.4 Å². The van der Waals surface area contributed by atoms with Crippen LogP contribution in [0.2, 0.25) is 0 Å². The molecule has 0 aliphatic carbocycles. The molecule has 0 atom stereocenters. The average Bonchev–Trinajstić information content (AvgIpc) is 3.03. The minimum Gasteiger partial charge on any atom is -0.493 e. The maximum Gasteiger partial charge on any atom is 0.573 e. The lowest BCUT2D eigenvalue weighted by Gasteiger charge is -2.27. The number of nitrogens with zero attached hydrogens (tertiary/aromatic N) is 4. The highest BCUT2D eigenvalue weighted by atomic mass is 19.4. The number of aromatic nitrogens is 3. The van der Waals surface area contributed by atoms with Gasteiger partial charge in [-0.2, -0.15) is 0 Å². The van der Waals surface area contributed by atoms with Crippen molar-refractivity contribution >= 4 is 5.91 Å². The molecule has 1 amide bonds. The van der Waals surface area contributed by atoms with Crippen LogP contribution in [-0.2, 0) is 11.3 Å². The average molecular weight is 493 g/mol. The smallest absolute Gasteiger partial charge is 0.493 e. The number of halogens is 3. The van der Waals surface area contributed by atoms with Crippen molar-refractivity contribution in [3.05, 3.63) is 70.0 Å². The number of aromatic hydroxyl groups is 1. The van der Waals surface area contributed by atoms with Crippen LogP contribution in [0.5, 0.6) is 11.6 Å². The molecule has 0 radical (unpaired) electrons. The molecule has 186 valence electrons. The van der Waals surface area contributed by atoms with Crippen LogP contribution in [0.15, 0.2) is 47.5 Å². The Hall–Kier alpha value is -3.84. The molecular formula is C22H22F3N5O5. The molecule has 1 fully saturated rings. The zero-order valence-corrected chi connectivity index (χ0v) is 18.6. The molecule has 2 aromatic heterocycles. The van der Waals surface area contributed by atoms with Gasteiger partial charge in [0.25, 0.3) is 5.91 Å². The highest BCUT2D eigenvalue weighted by Crippen LogP contribution is 2.26. The van der Waals surface area contributed by atoms with Gasteiger partial charge in [0.2, 0.25) is 5.88 Å². The van der Waals surface area contributed by atoms with E-state index in [2.05, 4.69) is 15.1 Å².